The molecule has 1 amide bonds. The molecule has 6 heteroatoms. The van der Waals surface area contributed by atoms with Gasteiger partial charge < -0.3 is 10.2 Å². The van der Waals surface area contributed by atoms with Crippen molar-refractivity contribution >= 4 is 35.0 Å². The zero-order valence-corrected chi connectivity index (χ0v) is 10.0. The summed E-state index contributed by atoms with van der Waals surface area (Å²) in [6.45, 7) is 1.40. The molecule has 2 N–H and O–H groups in total. The highest BCUT2D eigenvalue weighted by atomic mass is 35.5. The van der Waals surface area contributed by atoms with Crippen LogP contribution in [-0.4, -0.2) is 29.0 Å². The Bertz CT molecular complexity index is 375. The van der Waals surface area contributed by atoms with E-state index in [9.17, 15) is 9.90 Å². The molecule has 1 rings (SSSR count). The fourth-order valence-electron chi connectivity index (χ4n) is 1.28. The van der Waals surface area contributed by atoms with Crippen molar-refractivity contribution in [3.63, 3.8) is 0 Å². The molecule has 0 aromatic heterocycles. The molecule has 0 aliphatic rings. The number of aliphatic hydroxyl groups is 1. The van der Waals surface area contributed by atoms with E-state index in [2.05, 4.69) is 0 Å². The van der Waals surface area contributed by atoms with Gasteiger partial charge in [-0.25, -0.2) is 4.79 Å². The Morgan fingerprint density at radius 3 is 2.31 bits per heavy atom. The van der Waals surface area contributed by atoms with Crippen LogP contribution in [-0.2, 0) is 0 Å². The summed E-state index contributed by atoms with van der Waals surface area (Å²) in [6.07, 6.45) is -2.01. The number of hydrogen-bond donors (Lipinski definition) is 2. The minimum Gasteiger partial charge on any atom is -0.465 e. The van der Waals surface area contributed by atoms with Crippen molar-refractivity contribution < 1.29 is 15.0 Å². The first-order valence-electron chi connectivity index (χ1n) is 4.56. The van der Waals surface area contributed by atoms with Gasteiger partial charge in [-0.1, -0.05) is 29.3 Å². The smallest absolute Gasteiger partial charge is 0.411 e. The maximum atomic E-state index is 11.0. The molecular formula is C10H11Cl2NO3. The molecule has 16 heavy (non-hydrogen) atoms. The quantitative estimate of drug-likeness (QED) is 0.882. The zero-order valence-electron chi connectivity index (χ0n) is 8.52. The Morgan fingerprint density at radius 2 is 1.94 bits per heavy atom. The Morgan fingerprint density at radius 1 is 1.44 bits per heavy atom. The number of anilines is 1. The van der Waals surface area contributed by atoms with E-state index in [1.54, 1.807) is 18.2 Å². The van der Waals surface area contributed by atoms with Crippen molar-refractivity contribution in [3.05, 3.63) is 28.2 Å². The topological polar surface area (TPSA) is 60.8 Å². The molecule has 1 aromatic rings. The van der Waals surface area contributed by atoms with Gasteiger partial charge in [0.15, 0.2) is 0 Å². The van der Waals surface area contributed by atoms with Crippen LogP contribution in [0.3, 0.4) is 0 Å². The lowest BCUT2D eigenvalue weighted by atomic mass is 10.2. The predicted octanol–water partition coefficient (Wildman–Crippen LogP) is 2.86. The summed E-state index contributed by atoms with van der Waals surface area (Å²) in [5.74, 6) is 0. The fraction of sp³-hybridized carbons (Fsp3) is 0.300. The second-order valence-corrected chi connectivity index (χ2v) is 4.13. The molecule has 0 fully saturated rings. The molecule has 0 bridgehead atoms. The minimum absolute atomic E-state index is 0.0845. The summed E-state index contributed by atoms with van der Waals surface area (Å²) >= 11 is 11.8. The van der Waals surface area contributed by atoms with E-state index in [1.807, 2.05) is 0 Å². The highest BCUT2D eigenvalue weighted by Crippen LogP contribution is 2.33. The number of benzene rings is 1. The van der Waals surface area contributed by atoms with Gasteiger partial charge in [0.25, 0.3) is 0 Å². The third kappa shape index (κ3) is 3.01. The second-order valence-electron chi connectivity index (χ2n) is 3.31. The summed E-state index contributed by atoms with van der Waals surface area (Å²) in [4.78, 5) is 12.0. The van der Waals surface area contributed by atoms with Crippen molar-refractivity contribution in [2.45, 2.75) is 13.0 Å². The van der Waals surface area contributed by atoms with E-state index in [0.717, 1.165) is 4.90 Å². The third-order valence-electron chi connectivity index (χ3n) is 1.89. The molecule has 0 saturated heterocycles. The number of aliphatic hydroxyl groups excluding tert-OH is 1. The highest BCUT2D eigenvalue weighted by molar-refractivity contribution is 6.39. The van der Waals surface area contributed by atoms with Crippen LogP contribution in [0.4, 0.5) is 10.5 Å². The largest absolute Gasteiger partial charge is 0.465 e. The third-order valence-corrected chi connectivity index (χ3v) is 2.50. The minimum atomic E-state index is -1.21. The van der Waals surface area contributed by atoms with Crippen molar-refractivity contribution in [1.82, 2.24) is 0 Å². The molecule has 0 aliphatic carbocycles. The highest BCUT2D eigenvalue weighted by Gasteiger charge is 2.21. The molecular weight excluding hydrogens is 253 g/mol. The van der Waals surface area contributed by atoms with Crippen LogP contribution >= 0.6 is 23.2 Å². The fourth-order valence-corrected chi connectivity index (χ4v) is 1.88. The molecule has 88 valence electrons. The van der Waals surface area contributed by atoms with Crippen molar-refractivity contribution in [3.8, 4) is 0 Å². The average molecular weight is 264 g/mol. The first kappa shape index (κ1) is 13.1. The van der Waals surface area contributed by atoms with Gasteiger partial charge in [0.2, 0.25) is 0 Å². The van der Waals surface area contributed by atoms with Gasteiger partial charge in [0.05, 0.1) is 28.4 Å². The lowest BCUT2D eigenvalue weighted by Crippen LogP contribution is -2.35. The van der Waals surface area contributed by atoms with Crippen LogP contribution in [0.2, 0.25) is 10.0 Å². The number of hydrogen-bond acceptors (Lipinski definition) is 2. The van der Waals surface area contributed by atoms with Gasteiger partial charge in [-0.15, -0.1) is 0 Å². The number of carbonyl (C=O) groups is 1. The standard InChI is InChI=1S/C10H11Cl2NO3/c1-6(14)5-13(10(15)16)9-7(11)3-2-4-8(9)12/h2-4,6,14H,5H2,1H3,(H,15,16)/t6-/m1/s1. The van der Waals surface area contributed by atoms with E-state index >= 15 is 0 Å². The first-order chi connectivity index (χ1) is 7.43. The second kappa shape index (κ2) is 5.39. The number of rotatable bonds is 3. The molecule has 0 radical (unpaired) electrons. The summed E-state index contributed by atoms with van der Waals surface area (Å²) in [7, 11) is 0. The Labute approximate surface area is 103 Å². The van der Waals surface area contributed by atoms with Crippen LogP contribution in [0.1, 0.15) is 6.92 Å². The normalized spacial score (nSPS) is 12.2. The van der Waals surface area contributed by atoms with E-state index in [-0.39, 0.29) is 22.3 Å². The van der Waals surface area contributed by atoms with E-state index in [1.165, 1.54) is 6.92 Å². The molecule has 0 unspecified atom stereocenters. The average Bonchev–Trinajstić information content (AvgIpc) is 2.15. The van der Waals surface area contributed by atoms with Crippen molar-refractivity contribution in [2.75, 3.05) is 11.4 Å². The maximum Gasteiger partial charge on any atom is 0.411 e. The monoisotopic (exact) mass is 263 g/mol. The molecule has 0 heterocycles. The summed E-state index contributed by atoms with van der Waals surface area (Å²) in [5.41, 5.74) is 0.194. The number of carboxylic acid groups (broad SMARTS) is 1. The molecule has 0 aliphatic heterocycles. The Hall–Kier alpha value is -0.970. The number of para-hydroxylation sites is 1. The lowest BCUT2D eigenvalue weighted by Gasteiger charge is -2.22. The number of nitrogens with zero attached hydrogens (tertiary/aromatic N) is 1. The van der Waals surface area contributed by atoms with Crippen molar-refractivity contribution in [1.29, 1.82) is 0 Å². The van der Waals surface area contributed by atoms with Crippen LogP contribution in [0.25, 0.3) is 0 Å². The van der Waals surface area contributed by atoms with Gasteiger partial charge in [-0.2, -0.15) is 0 Å². The van der Waals surface area contributed by atoms with Crippen LogP contribution in [0, 0.1) is 0 Å². The summed E-state index contributed by atoms with van der Waals surface area (Å²) in [6, 6.07) is 4.71. The summed E-state index contributed by atoms with van der Waals surface area (Å²) < 4.78 is 0. The lowest BCUT2D eigenvalue weighted by molar-refractivity contribution is 0.180. The number of amides is 1. The SMILES string of the molecule is C[C@@H](O)CN(C(=O)O)c1c(Cl)cccc1Cl. The Balaban J connectivity index is 3.15. The van der Waals surface area contributed by atoms with E-state index in [4.69, 9.17) is 28.3 Å². The van der Waals surface area contributed by atoms with Gasteiger partial charge in [0.1, 0.15) is 0 Å². The van der Waals surface area contributed by atoms with Gasteiger partial charge in [-0.3, -0.25) is 4.90 Å². The molecule has 1 aromatic carbocycles. The van der Waals surface area contributed by atoms with Crippen LogP contribution < -0.4 is 4.90 Å². The molecule has 0 saturated carbocycles. The molecule has 4 nitrogen and oxygen atoms in total. The van der Waals surface area contributed by atoms with Gasteiger partial charge in [0, 0.05) is 0 Å². The van der Waals surface area contributed by atoms with Gasteiger partial charge in [-0.05, 0) is 19.1 Å². The van der Waals surface area contributed by atoms with E-state index < -0.39 is 12.2 Å². The Kier molecular flexibility index (Phi) is 4.41. The van der Waals surface area contributed by atoms with Crippen LogP contribution in [0.5, 0.6) is 0 Å². The van der Waals surface area contributed by atoms with E-state index in [0.29, 0.717) is 0 Å². The predicted molar refractivity (Wildman–Crippen MR) is 63.5 cm³/mol. The maximum absolute atomic E-state index is 11.0. The molecule has 1 atom stereocenters. The van der Waals surface area contributed by atoms with Crippen LogP contribution in [0.15, 0.2) is 18.2 Å². The first-order valence-corrected chi connectivity index (χ1v) is 5.31. The number of halogens is 2. The summed E-state index contributed by atoms with van der Waals surface area (Å²) in [5, 5.41) is 18.7. The van der Waals surface area contributed by atoms with Gasteiger partial charge >= 0.3 is 6.09 Å². The zero-order chi connectivity index (χ0) is 12.3. The van der Waals surface area contributed by atoms with Crippen molar-refractivity contribution in [2.24, 2.45) is 0 Å². The molecule has 0 spiro atoms.